The van der Waals surface area contributed by atoms with Gasteiger partial charge in [0.1, 0.15) is 5.75 Å². The molecule has 172 valence electrons. The fourth-order valence-corrected chi connectivity index (χ4v) is 5.39. The van der Waals surface area contributed by atoms with Crippen LogP contribution in [0.5, 0.6) is 5.75 Å². The van der Waals surface area contributed by atoms with Crippen molar-refractivity contribution in [2.75, 3.05) is 16.4 Å². The zero-order chi connectivity index (χ0) is 23.7. The summed E-state index contributed by atoms with van der Waals surface area (Å²) in [7, 11) is -3.85. The molecule has 1 heterocycles. The number of carbonyl (C=O) groups is 2. The average molecular weight is 489 g/mol. The number of hydrogen-bond acceptors (Lipinski definition) is 6. The minimum Gasteiger partial charge on any atom is -0.406 e. The monoisotopic (exact) mass is 488 g/mol. The molecule has 0 fully saturated rings. The molecule has 2 unspecified atom stereocenters. The molecule has 0 aromatic heterocycles. The Bertz CT molecular complexity index is 1130. The van der Waals surface area contributed by atoms with Crippen molar-refractivity contribution >= 4 is 44.8 Å². The van der Waals surface area contributed by atoms with E-state index in [1.165, 1.54) is 43.0 Å². The van der Waals surface area contributed by atoms with Crippen LogP contribution in [0, 0.1) is 5.92 Å². The molecule has 0 saturated carbocycles. The topological polar surface area (TPSA) is 102 Å². The summed E-state index contributed by atoms with van der Waals surface area (Å²) in [4.78, 5) is 25.0. The standard InChI is InChI=1S/C20H19F3N2O5S2/c1-11(18(26)24-13-3-5-14(6-4-13)30-20(21,22)23)10-32(28,29)15-7-8-17-16(9-15)25-19(27)12(2)31-17/h3-9,11-12H,10H2,1-2H3,(H,24,26)(H,25,27). The maximum absolute atomic E-state index is 12.8. The average Bonchev–Trinajstić information content (AvgIpc) is 2.68. The van der Waals surface area contributed by atoms with Gasteiger partial charge in [-0.2, -0.15) is 0 Å². The van der Waals surface area contributed by atoms with E-state index in [4.69, 9.17) is 0 Å². The highest BCUT2D eigenvalue weighted by Crippen LogP contribution is 2.37. The van der Waals surface area contributed by atoms with Crippen LogP contribution in [0.2, 0.25) is 0 Å². The molecule has 0 aliphatic carbocycles. The number of benzene rings is 2. The van der Waals surface area contributed by atoms with E-state index in [0.717, 1.165) is 17.0 Å². The summed E-state index contributed by atoms with van der Waals surface area (Å²) in [5.41, 5.74) is 0.592. The van der Waals surface area contributed by atoms with Crippen molar-refractivity contribution in [1.82, 2.24) is 0 Å². The Labute approximate surface area is 186 Å². The summed E-state index contributed by atoms with van der Waals surface area (Å²) in [6.45, 7) is 3.16. The van der Waals surface area contributed by atoms with Gasteiger partial charge in [0.25, 0.3) is 0 Å². The third-order valence-corrected chi connectivity index (χ3v) is 7.60. The summed E-state index contributed by atoms with van der Waals surface area (Å²) in [6, 6.07) is 8.89. The Morgan fingerprint density at radius 3 is 2.50 bits per heavy atom. The van der Waals surface area contributed by atoms with Crippen molar-refractivity contribution in [3.8, 4) is 5.75 Å². The van der Waals surface area contributed by atoms with Crippen molar-refractivity contribution in [1.29, 1.82) is 0 Å². The molecule has 2 aromatic carbocycles. The smallest absolute Gasteiger partial charge is 0.406 e. The molecule has 2 N–H and O–H groups in total. The number of nitrogens with one attached hydrogen (secondary N) is 2. The number of carbonyl (C=O) groups excluding carboxylic acids is 2. The number of hydrogen-bond donors (Lipinski definition) is 2. The first-order chi connectivity index (χ1) is 14.8. The van der Waals surface area contributed by atoms with Crippen LogP contribution < -0.4 is 15.4 Å². The quantitative estimate of drug-likeness (QED) is 0.636. The molecule has 0 radical (unpaired) electrons. The maximum Gasteiger partial charge on any atom is 0.573 e. The molecule has 0 bridgehead atoms. The number of anilines is 2. The van der Waals surface area contributed by atoms with Gasteiger partial charge in [-0.3, -0.25) is 9.59 Å². The van der Waals surface area contributed by atoms with Crippen LogP contribution in [-0.2, 0) is 19.4 Å². The zero-order valence-electron chi connectivity index (χ0n) is 16.9. The molecule has 32 heavy (non-hydrogen) atoms. The van der Waals surface area contributed by atoms with Crippen molar-refractivity contribution in [2.24, 2.45) is 5.92 Å². The van der Waals surface area contributed by atoms with Gasteiger partial charge in [0, 0.05) is 16.5 Å². The Morgan fingerprint density at radius 2 is 1.88 bits per heavy atom. The lowest BCUT2D eigenvalue weighted by Gasteiger charge is -2.22. The van der Waals surface area contributed by atoms with E-state index in [0.29, 0.717) is 5.69 Å². The lowest BCUT2D eigenvalue weighted by molar-refractivity contribution is -0.274. The van der Waals surface area contributed by atoms with E-state index in [9.17, 15) is 31.2 Å². The van der Waals surface area contributed by atoms with Gasteiger partial charge >= 0.3 is 6.36 Å². The molecular formula is C20H19F3N2O5S2. The molecule has 3 rings (SSSR count). The summed E-state index contributed by atoms with van der Waals surface area (Å²) in [6.07, 6.45) is -4.83. The van der Waals surface area contributed by atoms with Gasteiger partial charge in [-0.15, -0.1) is 24.9 Å². The Morgan fingerprint density at radius 1 is 1.22 bits per heavy atom. The normalized spacial score (nSPS) is 17.2. The second-order valence-electron chi connectivity index (χ2n) is 7.15. The van der Waals surface area contributed by atoms with Crippen LogP contribution in [0.4, 0.5) is 24.5 Å². The van der Waals surface area contributed by atoms with Crippen LogP contribution in [0.25, 0.3) is 0 Å². The third kappa shape index (κ3) is 5.94. The molecule has 0 spiro atoms. The van der Waals surface area contributed by atoms with Crippen molar-refractivity contribution in [3.63, 3.8) is 0 Å². The van der Waals surface area contributed by atoms with E-state index >= 15 is 0 Å². The SMILES string of the molecule is CC(CS(=O)(=O)c1ccc2c(c1)NC(=O)C(C)S2)C(=O)Nc1ccc(OC(F)(F)F)cc1. The Hall–Kier alpha value is -2.73. The van der Waals surface area contributed by atoms with Gasteiger partial charge in [-0.1, -0.05) is 6.92 Å². The minimum atomic E-state index is -4.83. The fraction of sp³-hybridized carbons (Fsp3) is 0.300. The lowest BCUT2D eigenvalue weighted by Crippen LogP contribution is -2.28. The molecule has 2 amide bonds. The summed E-state index contributed by atoms with van der Waals surface area (Å²) in [5.74, 6) is -2.74. The van der Waals surface area contributed by atoms with Gasteiger partial charge in [0.15, 0.2) is 9.84 Å². The number of thioether (sulfide) groups is 1. The minimum absolute atomic E-state index is 0.0278. The molecule has 2 atom stereocenters. The number of rotatable bonds is 6. The molecule has 1 aliphatic heterocycles. The highest BCUT2D eigenvalue weighted by molar-refractivity contribution is 8.01. The number of amides is 2. The number of fused-ring (bicyclic) bond motifs is 1. The molecule has 2 aromatic rings. The third-order valence-electron chi connectivity index (χ3n) is 4.51. The number of halogens is 3. The second-order valence-corrected chi connectivity index (χ2v) is 10.6. The fourth-order valence-electron chi connectivity index (χ4n) is 2.89. The second kappa shape index (κ2) is 9.02. The van der Waals surface area contributed by atoms with Gasteiger partial charge in [-0.25, -0.2) is 8.42 Å². The summed E-state index contributed by atoms with van der Waals surface area (Å²) < 4.78 is 66.0. The number of alkyl halides is 3. The zero-order valence-corrected chi connectivity index (χ0v) is 18.5. The maximum atomic E-state index is 12.8. The van der Waals surface area contributed by atoms with Crippen molar-refractivity contribution in [2.45, 2.75) is 35.3 Å². The lowest BCUT2D eigenvalue weighted by atomic mass is 10.2. The van der Waals surface area contributed by atoms with Gasteiger partial charge in [0.05, 0.1) is 21.6 Å². The molecule has 12 heteroatoms. The van der Waals surface area contributed by atoms with Crippen LogP contribution >= 0.6 is 11.8 Å². The first kappa shape index (κ1) is 23.9. The largest absolute Gasteiger partial charge is 0.573 e. The van der Waals surface area contributed by atoms with E-state index in [-0.39, 0.29) is 21.7 Å². The van der Waals surface area contributed by atoms with Crippen LogP contribution in [0.3, 0.4) is 0 Å². The van der Waals surface area contributed by atoms with Crippen molar-refractivity contribution < 1.29 is 35.9 Å². The van der Waals surface area contributed by atoms with Crippen molar-refractivity contribution in [3.05, 3.63) is 42.5 Å². The number of ether oxygens (including phenoxy) is 1. The van der Waals surface area contributed by atoms with Crippen LogP contribution in [-0.4, -0.2) is 37.6 Å². The summed E-state index contributed by atoms with van der Waals surface area (Å²) in [5, 5.41) is 4.84. The van der Waals surface area contributed by atoms with Crippen LogP contribution in [0.1, 0.15) is 13.8 Å². The molecule has 0 saturated heterocycles. The highest BCUT2D eigenvalue weighted by atomic mass is 32.2. The van der Waals surface area contributed by atoms with E-state index in [1.54, 1.807) is 13.0 Å². The van der Waals surface area contributed by atoms with E-state index < -0.39 is 39.5 Å². The number of sulfone groups is 1. The molecule has 7 nitrogen and oxygen atoms in total. The van der Waals surface area contributed by atoms with Crippen LogP contribution in [0.15, 0.2) is 52.3 Å². The van der Waals surface area contributed by atoms with E-state index in [2.05, 4.69) is 15.4 Å². The Kier molecular flexibility index (Phi) is 6.75. The highest BCUT2D eigenvalue weighted by Gasteiger charge is 2.31. The molecular weight excluding hydrogens is 469 g/mol. The van der Waals surface area contributed by atoms with Gasteiger partial charge in [0.2, 0.25) is 11.8 Å². The summed E-state index contributed by atoms with van der Waals surface area (Å²) >= 11 is 1.32. The molecule has 1 aliphatic rings. The first-order valence-corrected chi connectivity index (χ1v) is 11.9. The predicted octanol–water partition coefficient (Wildman–Crippen LogP) is 4.07. The van der Waals surface area contributed by atoms with Gasteiger partial charge in [-0.05, 0) is 49.4 Å². The van der Waals surface area contributed by atoms with E-state index in [1.807, 2.05) is 0 Å². The Balaban J connectivity index is 1.65. The predicted molar refractivity (Wildman–Crippen MR) is 113 cm³/mol. The first-order valence-electron chi connectivity index (χ1n) is 9.35. The van der Waals surface area contributed by atoms with Gasteiger partial charge < -0.3 is 15.4 Å².